The smallest absolute Gasteiger partial charge is 0.335 e. The van der Waals surface area contributed by atoms with Crippen molar-refractivity contribution in [1.29, 1.82) is 0 Å². The van der Waals surface area contributed by atoms with Crippen molar-refractivity contribution in [2.24, 2.45) is 0 Å². The summed E-state index contributed by atoms with van der Waals surface area (Å²) in [6.07, 6.45) is -16.9. The summed E-state index contributed by atoms with van der Waals surface area (Å²) in [5.41, 5.74) is 0. The molecule has 24 heavy (non-hydrogen) atoms. The Balaban J connectivity index is 2.94. The van der Waals surface area contributed by atoms with Gasteiger partial charge in [0.25, 0.3) is 0 Å². The van der Waals surface area contributed by atoms with E-state index in [1.807, 2.05) is 0 Å². The van der Waals surface area contributed by atoms with Gasteiger partial charge in [0.1, 0.15) is 42.7 Å². The Morgan fingerprint density at radius 1 is 1.04 bits per heavy atom. The van der Waals surface area contributed by atoms with Crippen molar-refractivity contribution in [3.8, 4) is 0 Å². The zero-order valence-corrected chi connectivity index (χ0v) is 12.4. The van der Waals surface area contributed by atoms with E-state index >= 15 is 0 Å². The van der Waals surface area contributed by atoms with E-state index in [1.54, 1.807) is 0 Å². The predicted molar refractivity (Wildman–Crippen MR) is 71.4 cm³/mol. The highest BCUT2D eigenvalue weighted by molar-refractivity contribution is 5.72. The van der Waals surface area contributed by atoms with Crippen LogP contribution in [0.4, 0.5) is 0 Å². The number of carbonyl (C=O) groups is 1. The van der Waals surface area contributed by atoms with Crippen LogP contribution in [0.25, 0.3) is 0 Å². The Morgan fingerprint density at radius 3 is 2.08 bits per heavy atom. The highest BCUT2D eigenvalue weighted by Crippen LogP contribution is 2.24. The normalized spacial score (nSPS) is 35.9. The van der Waals surface area contributed by atoms with Gasteiger partial charge in [0.2, 0.25) is 0 Å². The molecule has 1 aliphatic rings. The minimum atomic E-state index is -2.39. The van der Waals surface area contributed by atoms with Crippen molar-refractivity contribution in [3.05, 3.63) is 0 Å². The van der Waals surface area contributed by atoms with Crippen molar-refractivity contribution in [2.75, 3.05) is 13.2 Å². The van der Waals surface area contributed by atoms with E-state index in [2.05, 4.69) is 0 Å². The number of hydrogen-bond donors (Lipinski definition) is 9. The van der Waals surface area contributed by atoms with Crippen LogP contribution in [-0.2, 0) is 14.3 Å². The molecule has 0 aromatic rings. The topological polar surface area (TPSA) is 218 Å². The van der Waals surface area contributed by atoms with Crippen molar-refractivity contribution >= 4 is 5.97 Å². The predicted octanol–water partition coefficient (Wildman–Crippen LogP) is -5.67. The van der Waals surface area contributed by atoms with Gasteiger partial charge in [-0.15, -0.1) is 0 Å². The monoisotopic (exact) mass is 358 g/mol. The molecule has 0 aromatic carbocycles. The van der Waals surface area contributed by atoms with Gasteiger partial charge in [-0.2, -0.15) is 0 Å². The van der Waals surface area contributed by atoms with Gasteiger partial charge in [-0.25, -0.2) is 4.79 Å². The minimum absolute atomic E-state index is 0.766. The van der Waals surface area contributed by atoms with Gasteiger partial charge in [-0.1, -0.05) is 0 Å². The molecule has 1 fully saturated rings. The number of aliphatic hydroxyl groups is 8. The summed E-state index contributed by atoms with van der Waals surface area (Å²) < 4.78 is 9.98. The molecule has 0 amide bonds. The molecule has 0 radical (unpaired) electrons. The van der Waals surface area contributed by atoms with Gasteiger partial charge >= 0.3 is 5.97 Å². The molecular formula is C12H22O12. The van der Waals surface area contributed by atoms with Crippen LogP contribution in [0.15, 0.2) is 0 Å². The van der Waals surface area contributed by atoms with Gasteiger partial charge in [0.05, 0.1) is 13.2 Å². The van der Waals surface area contributed by atoms with Crippen LogP contribution in [-0.4, -0.2) is 120 Å². The van der Waals surface area contributed by atoms with Crippen molar-refractivity contribution in [1.82, 2.24) is 0 Å². The lowest BCUT2D eigenvalue weighted by Gasteiger charge is -2.42. The number of hydrogen-bond acceptors (Lipinski definition) is 11. The first-order chi connectivity index (χ1) is 11.1. The van der Waals surface area contributed by atoms with E-state index in [-0.39, 0.29) is 0 Å². The summed E-state index contributed by atoms with van der Waals surface area (Å²) in [6.45, 7) is -1.76. The number of carboxylic acid groups (broad SMARTS) is 1. The molecule has 1 rings (SSSR count). The van der Waals surface area contributed by atoms with E-state index in [4.69, 9.17) is 24.8 Å². The number of aliphatic carboxylic acids is 1. The lowest BCUT2D eigenvalue weighted by atomic mass is 9.98. The fourth-order valence-corrected chi connectivity index (χ4v) is 2.16. The Bertz CT molecular complexity index is 403. The van der Waals surface area contributed by atoms with Gasteiger partial charge < -0.3 is 55.4 Å². The molecule has 0 aromatic heterocycles. The maximum absolute atomic E-state index is 10.7. The molecule has 9 atom stereocenters. The molecule has 0 bridgehead atoms. The first-order valence-corrected chi connectivity index (χ1v) is 6.99. The van der Waals surface area contributed by atoms with Crippen LogP contribution >= 0.6 is 0 Å². The molecule has 12 heteroatoms. The summed E-state index contributed by atoms with van der Waals surface area (Å²) in [6, 6.07) is 0. The van der Waals surface area contributed by atoms with Crippen LogP contribution < -0.4 is 0 Å². The fraction of sp³-hybridized carbons (Fsp3) is 0.917. The summed E-state index contributed by atoms with van der Waals surface area (Å²) >= 11 is 0. The number of carboxylic acids is 1. The Morgan fingerprint density at radius 2 is 1.62 bits per heavy atom. The van der Waals surface area contributed by atoms with Gasteiger partial charge in [-0.3, -0.25) is 0 Å². The first-order valence-electron chi connectivity index (χ1n) is 6.99. The van der Waals surface area contributed by atoms with Crippen LogP contribution in [0.1, 0.15) is 0 Å². The SMILES string of the molecule is O=C(O)C(O)[C@H](O)[C@H](O[C@@H]1OC(CO)[C@H](O)[C@H](O)C1O)C(O)CO. The quantitative estimate of drug-likeness (QED) is 0.198. The van der Waals surface area contributed by atoms with Gasteiger partial charge in [0, 0.05) is 0 Å². The molecule has 4 unspecified atom stereocenters. The third kappa shape index (κ3) is 4.58. The van der Waals surface area contributed by atoms with Crippen molar-refractivity contribution in [2.45, 2.75) is 55.1 Å². The fourth-order valence-electron chi connectivity index (χ4n) is 2.16. The zero-order valence-electron chi connectivity index (χ0n) is 12.4. The zero-order chi connectivity index (χ0) is 18.6. The average molecular weight is 358 g/mol. The van der Waals surface area contributed by atoms with Crippen LogP contribution in [0.2, 0.25) is 0 Å². The summed E-state index contributed by atoms with van der Waals surface area (Å²) in [5, 5.41) is 84.5. The second-order valence-corrected chi connectivity index (χ2v) is 5.32. The lowest BCUT2D eigenvalue weighted by Crippen LogP contribution is -2.61. The molecule has 12 nitrogen and oxygen atoms in total. The van der Waals surface area contributed by atoms with Gasteiger partial charge in [0.15, 0.2) is 12.4 Å². The Kier molecular flexibility index (Phi) is 7.88. The van der Waals surface area contributed by atoms with E-state index in [9.17, 15) is 35.4 Å². The Labute approximate surface area is 135 Å². The molecular weight excluding hydrogens is 336 g/mol. The second kappa shape index (κ2) is 8.96. The maximum atomic E-state index is 10.7. The second-order valence-electron chi connectivity index (χ2n) is 5.32. The summed E-state index contributed by atoms with van der Waals surface area (Å²) in [7, 11) is 0. The van der Waals surface area contributed by atoms with Crippen LogP contribution in [0.5, 0.6) is 0 Å². The van der Waals surface area contributed by atoms with Crippen LogP contribution in [0.3, 0.4) is 0 Å². The molecule has 1 aliphatic heterocycles. The van der Waals surface area contributed by atoms with E-state index in [1.165, 1.54) is 0 Å². The lowest BCUT2D eigenvalue weighted by molar-refractivity contribution is -0.326. The van der Waals surface area contributed by atoms with E-state index < -0.39 is 74.3 Å². The third-order valence-corrected chi connectivity index (χ3v) is 3.62. The molecule has 1 saturated heterocycles. The summed E-state index contributed by atoms with van der Waals surface area (Å²) in [4.78, 5) is 10.7. The Hall–Kier alpha value is -0.930. The summed E-state index contributed by atoms with van der Waals surface area (Å²) in [5.74, 6) is -1.84. The maximum Gasteiger partial charge on any atom is 0.335 e. The molecule has 0 saturated carbocycles. The minimum Gasteiger partial charge on any atom is -0.479 e. The molecule has 0 aliphatic carbocycles. The number of ether oxygens (including phenoxy) is 2. The highest BCUT2D eigenvalue weighted by Gasteiger charge is 2.47. The number of rotatable bonds is 8. The van der Waals surface area contributed by atoms with Gasteiger partial charge in [-0.05, 0) is 0 Å². The van der Waals surface area contributed by atoms with E-state index in [0.717, 1.165) is 0 Å². The third-order valence-electron chi connectivity index (χ3n) is 3.62. The highest BCUT2D eigenvalue weighted by atomic mass is 16.7. The van der Waals surface area contributed by atoms with Crippen molar-refractivity contribution < 1.29 is 60.2 Å². The average Bonchev–Trinajstić information content (AvgIpc) is 2.57. The van der Waals surface area contributed by atoms with E-state index in [0.29, 0.717) is 0 Å². The molecule has 1 heterocycles. The standard InChI is InChI=1S/C12H22O12/c13-1-3(15)10(7(18)8(19)11(21)22)24-12-9(20)6(17)5(16)4(2-14)23-12/h3-10,12-20H,1-2H2,(H,21,22)/t3?,4?,5-,6-,7-,8?,9?,10+,12-/m0/s1. The first kappa shape index (κ1) is 21.1. The number of aliphatic hydroxyl groups excluding tert-OH is 8. The molecule has 9 N–H and O–H groups in total. The molecule has 142 valence electrons. The molecule has 0 spiro atoms. The largest absolute Gasteiger partial charge is 0.479 e. The van der Waals surface area contributed by atoms with Crippen molar-refractivity contribution in [3.63, 3.8) is 0 Å². The van der Waals surface area contributed by atoms with Crippen LogP contribution in [0, 0.1) is 0 Å².